The largest absolute Gasteiger partial charge is 0.488 e. The molecule has 30 heavy (non-hydrogen) atoms. The average Bonchev–Trinajstić information content (AvgIpc) is 2.65. The third kappa shape index (κ3) is 4.92. The molecule has 1 amide bonds. The highest BCUT2D eigenvalue weighted by atomic mass is 35.5. The van der Waals surface area contributed by atoms with E-state index in [-0.39, 0.29) is 16.9 Å². The van der Waals surface area contributed by atoms with Gasteiger partial charge >= 0.3 is 10.2 Å². The van der Waals surface area contributed by atoms with E-state index >= 15 is 0 Å². The van der Waals surface area contributed by atoms with Crippen molar-refractivity contribution in [2.75, 3.05) is 14.1 Å². The number of carbonyl (C=O) groups is 1. The minimum Gasteiger partial charge on any atom is -0.488 e. The third-order valence-electron chi connectivity index (χ3n) is 6.40. The molecule has 5 atom stereocenters. The number of amides is 1. The zero-order chi connectivity index (χ0) is 22.2. The van der Waals surface area contributed by atoms with Crippen molar-refractivity contribution in [3.05, 3.63) is 28.5 Å². The summed E-state index contributed by atoms with van der Waals surface area (Å²) in [6.45, 7) is 4.41. The van der Waals surface area contributed by atoms with Crippen molar-refractivity contribution in [3.8, 4) is 5.75 Å². The Balaban J connectivity index is 1.82. The van der Waals surface area contributed by atoms with E-state index in [1.165, 1.54) is 20.5 Å². The van der Waals surface area contributed by atoms with E-state index in [4.69, 9.17) is 16.3 Å². The van der Waals surface area contributed by atoms with Gasteiger partial charge in [-0.15, -0.1) is 0 Å². The van der Waals surface area contributed by atoms with Crippen molar-refractivity contribution >= 4 is 27.7 Å². The molecule has 9 heteroatoms. The van der Waals surface area contributed by atoms with Crippen LogP contribution >= 0.6 is 11.6 Å². The summed E-state index contributed by atoms with van der Waals surface area (Å²) in [4.78, 5) is 12.3. The van der Waals surface area contributed by atoms with E-state index in [9.17, 15) is 17.6 Å². The van der Waals surface area contributed by atoms with Gasteiger partial charge < -0.3 is 4.74 Å². The molecule has 0 spiro atoms. The first-order valence-electron chi connectivity index (χ1n) is 10.4. The van der Waals surface area contributed by atoms with E-state index in [0.29, 0.717) is 17.8 Å². The molecule has 1 aromatic rings. The summed E-state index contributed by atoms with van der Waals surface area (Å²) in [5, 5.41) is 0.0876. The first kappa shape index (κ1) is 23.3. The molecule has 1 aromatic carbocycles. The second-order valence-corrected chi connectivity index (χ2v) is 11.2. The first-order valence-corrected chi connectivity index (χ1v) is 12.2. The summed E-state index contributed by atoms with van der Waals surface area (Å²) in [5.41, 5.74) is -0.445. The third-order valence-corrected chi connectivity index (χ3v) is 8.10. The van der Waals surface area contributed by atoms with Crippen LogP contribution in [0.15, 0.2) is 12.1 Å². The van der Waals surface area contributed by atoms with Gasteiger partial charge in [0.15, 0.2) is 0 Å². The predicted molar refractivity (Wildman–Crippen MR) is 114 cm³/mol. The van der Waals surface area contributed by atoms with Crippen LogP contribution in [0.5, 0.6) is 5.75 Å². The molecule has 2 bridgehead atoms. The normalized spacial score (nSPS) is 29.0. The minimum atomic E-state index is -4.04. The van der Waals surface area contributed by atoms with Crippen LogP contribution in [0.4, 0.5) is 4.39 Å². The number of ether oxygens (including phenoxy) is 1. The van der Waals surface area contributed by atoms with E-state index in [1.54, 1.807) is 0 Å². The molecule has 0 saturated heterocycles. The van der Waals surface area contributed by atoms with Crippen molar-refractivity contribution in [2.24, 2.45) is 23.7 Å². The molecule has 5 unspecified atom stereocenters. The molecule has 2 aliphatic rings. The quantitative estimate of drug-likeness (QED) is 0.688. The van der Waals surface area contributed by atoms with Gasteiger partial charge in [-0.1, -0.05) is 25.4 Å². The van der Waals surface area contributed by atoms with Crippen LogP contribution in [0.2, 0.25) is 5.02 Å². The number of hydrogen-bond donors (Lipinski definition) is 1. The number of nitrogens with zero attached hydrogens (tertiary/aromatic N) is 1. The topological polar surface area (TPSA) is 75.7 Å². The van der Waals surface area contributed by atoms with Crippen LogP contribution in [0.25, 0.3) is 0 Å². The van der Waals surface area contributed by atoms with Crippen molar-refractivity contribution in [1.82, 2.24) is 9.03 Å². The number of carbonyl (C=O) groups excluding carboxylic acids is 1. The zero-order valence-electron chi connectivity index (χ0n) is 17.8. The summed E-state index contributed by atoms with van der Waals surface area (Å²) in [5.74, 6) is 0.400. The van der Waals surface area contributed by atoms with Crippen LogP contribution in [0, 0.1) is 29.5 Å². The number of fused-ring (bicyclic) bond motifs is 2. The lowest BCUT2D eigenvalue weighted by atomic mass is 9.63. The van der Waals surface area contributed by atoms with Gasteiger partial charge in [0.25, 0.3) is 5.91 Å². The number of rotatable bonds is 6. The molecule has 168 valence electrons. The maximum atomic E-state index is 14.7. The average molecular weight is 461 g/mol. The highest BCUT2D eigenvalue weighted by Crippen LogP contribution is 2.47. The maximum absolute atomic E-state index is 14.7. The summed E-state index contributed by atoms with van der Waals surface area (Å²) in [6.07, 6.45) is 5.50. The van der Waals surface area contributed by atoms with Crippen LogP contribution < -0.4 is 9.46 Å². The van der Waals surface area contributed by atoms with E-state index in [0.717, 1.165) is 48.0 Å². The summed E-state index contributed by atoms with van der Waals surface area (Å²) < 4.78 is 47.3. The Labute approximate surface area is 183 Å². The number of nitrogens with one attached hydrogen (secondary N) is 1. The molecule has 2 fully saturated rings. The molecule has 0 aromatic heterocycles. The Morgan fingerprint density at radius 1 is 1.27 bits per heavy atom. The molecule has 6 nitrogen and oxygen atoms in total. The lowest BCUT2D eigenvalue weighted by molar-refractivity contribution is -0.0236. The van der Waals surface area contributed by atoms with E-state index in [1.807, 2.05) is 4.72 Å². The summed E-state index contributed by atoms with van der Waals surface area (Å²) >= 11 is 6.32. The molecule has 0 heterocycles. The van der Waals surface area contributed by atoms with Gasteiger partial charge in [0.1, 0.15) is 17.7 Å². The zero-order valence-corrected chi connectivity index (χ0v) is 19.4. The lowest BCUT2D eigenvalue weighted by Gasteiger charge is -2.46. The van der Waals surface area contributed by atoms with Crippen molar-refractivity contribution < 1.29 is 22.3 Å². The van der Waals surface area contributed by atoms with Crippen LogP contribution in [0.3, 0.4) is 0 Å². The van der Waals surface area contributed by atoms with Gasteiger partial charge in [0.05, 0.1) is 10.6 Å². The minimum absolute atomic E-state index is 0.0419. The lowest BCUT2D eigenvalue weighted by Crippen LogP contribution is -2.44. The van der Waals surface area contributed by atoms with Gasteiger partial charge in [-0.2, -0.15) is 12.7 Å². The predicted octanol–water partition coefficient (Wildman–Crippen LogP) is 4.25. The highest BCUT2D eigenvalue weighted by molar-refractivity contribution is 7.87. The highest BCUT2D eigenvalue weighted by Gasteiger charge is 2.42. The Kier molecular flexibility index (Phi) is 6.99. The van der Waals surface area contributed by atoms with E-state index in [2.05, 4.69) is 13.8 Å². The molecule has 0 radical (unpaired) electrons. The Morgan fingerprint density at radius 2 is 1.97 bits per heavy atom. The molecule has 2 aliphatic carbocycles. The molecular formula is C21H30ClFN2O4S. The van der Waals surface area contributed by atoms with Crippen molar-refractivity contribution in [3.63, 3.8) is 0 Å². The van der Waals surface area contributed by atoms with Gasteiger partial charge in [0.2, 0.25) is 0 Å². The molecule has 0 aliphatic heterocycles. The van der Waals surface area contributed by atoms with Gasteiger partial charge in [-0.05, 0) is 61.8 Å². The van der Waals surface area contributed by atoms with Crippen molar-refractivity contribution in [1.29, 1.82) is 0 Å². The Morgan fingerprint density at radius 3 is 2.60 bits per heavy atom. The van der Waals surface area contributed by atoms with E-state index < -0.39 is 27.5 Å². The molecule has 3 rings (SSSR count). The van der Waals surface area contributed by atoms with Gasteiger partial charge in [-0.25, -0.2) is 9.11 Å². The van der Waals surface area contributed by atoms with Gasteiger partial charge in [-0.3, -0.25) is 4.79 Å². The Bertz CT molecular complexity index is 907. The maximum Gasteiger partial charge on any atom is 0.303 e. The first-order chi connectivity index (χ1) is 14.0. The SMILES string of the molecule is CCC1CC2CC(C)CC(C2)C1Oc1cc(F)c(C(=O)NS(=O)(=O)N(C)C)cc1Cl. The fraction of sp³-hybridized carbons (Fsp3) is 0.667. The van der Waals surface area contributed by atoms with Gasteiger partial charge in [0, 0.05) is 20.2 Å². The number of hydrogen-bond acceptors (Lipinski definition) is 4. The second kappa shape index (κ2) is 9.01. The smallest absolute Gasteiger partial charge is 0.303 e. The monoisotopic (exact) mass is 460 g/mol. The molecule has 1 N–H and O–H groups in total. The second-order valence-electron chi connectivity index (χ2n) is 8.91. The fourth-order valence-electron chi connectivity index (χ4n) is 5.00. The summed E-state index contributed by atoms with van der Waals surface area (Å²) in [7, 11) is -1.51. The number of benzene rings is 1. The number of halogens is 2. The standard InChI is InChI=1S/C21H30ClFN2O4S/c1-5-14-8-13-6-12(2)7-15(9-13)20(14)29-19-11-18(23)16(10-17(19)22)21(26)24-30(27,28)25(3)4/h10-15,20H,5-9H2,1-4H3,(H,24,26). The van der Waals surface area contributed by atoms with Crippen LogP contribution in [0.1, 0.15) is 56.3 Å². The summed E-state index contributed by atoms with van der Waals surface area (Å²) in [6, 6.07) is 2.22. The van der Waals surface area contributed by atoms with Crippen LogP contribution in [-0.2, 0) is 10.2 Å². The fourth-order valence-corrected chi connectivity index (χ4v) is 5.74. The van der Waals surface area contributed by atoms with Crippen molar-refractivity contribution in [2.45, 2.75) is 52.1 Å². The molecular weight excluding hydrogens is 431 g/mol. The Hall–Kier alpha value is -1.38. The van der Waals surface area contributed by atoms with Crippen LogP contribution in [-0.4, -0.2) is 38.8 Å². The molecule has 2 saturated carbocycles.